The number of fused-ring (bicyclic) bond motifs is 1. The Morgan fingerprint density at radius 1 is 0.950 bits per heavy atom. The van der Waals surface area contributed by atoms with E-state index in [9.17, 15) is 4.79 Å². The summed E-state index contributed by atoms with van der Waals surface area (Å²) in [5.74, 6) is 1.33. The quantitative estimate of drug-likeness (QED) is 0.880. The molecule has 1 aromatic heterocycles. The highest BCUT2D eigenvalue weighted by Gasteiger charge is 2.12. The molecule has 2 amide bonds. The van der Waals surface area contributed by atoms with E-state index in [0.717, 1.165) is 0 Å². The van der Waals surface area contributed by atoms with Crippen molar-refractivity contribution in [2.45, 2.75) is 0 Å². The molecule has 6 heteroatoms. The average Bonchev–Trinajstić information content (AvgIpc) is 2.48. The molecule has 0 aliphatic carbocycles. The first-order valence-corrected chi connectivity index (χ1v) is 6.19. The van der Waals surface area contributed by atoms with Gasteiger partial charge in [-0.15, -0.1) is 0 Å². The predicted octanol–water partition coefficient (Wildman–Crippen LogP) is 2.50. The molecule has 0 fully saturated rings. The smallest absolute Gasteiger partial charge is 0.323 e. The summed E-state index contributed by atoms with van der Waals surface area (Å²) in [6.45, 7) is 1.06. The molecule has 0 atom stereocenters. The van der Waals surface area contributed by atoms with Crippen LogP contribution in [-0.4, -0.2) is 24.2 Å². The lowest BCUT2D eigenvalue weighted by molar-refractivity contribution is 0.171. The van der Waals surface area contributed by atoms with E-state index >= 15 is 0 Å². The highest BCUT2D eigenvalue weighted by Crippen LogP contribution is 2.32. The van der Waals surface area contributed by atoms with Gasteiger partial charge in [0.15, 0.2) is 11.5 Å². The van der Waals surface area contributed by atoms with Crippen LogP contribution in [-0.2, 0) is 0 Å². The molecule has 6 nitrogen and oxygen atoms in total. The second-order valence-corrected chi connectivity index (χ2v) is 4.17. The van der Waals surface area contributed by atoms with Crippen molar-refractivity contribution in [3.63, 3.8) is 0 Å². The van der Waals surface area contributed by atoms with E-state index in [4.69, 9.17) is 9.47 Å². The zero-order valence-corrected chi connectivity index (χ0v) is 10.6. The Hall–Kier alpha value is -2.76. The maximum Gasteiger partial charge on any atom is 0.323 e. The summed E-state index contributed by atoms with van der Waals surface area (Å²) in [7, 11) is 0. The van der Waals surface area contributed by atoms with Gasteiger partial charge < -0.3 is 20.1 Å². The molecule has 0 unspecified atom stereocenters. The molecule has 1 aromatic carbocycles. The molecule has 0 spiro atoms. The molecule has 0 saturated carbocycles. The molecule has 3 rings (SSSR count). The fraction of sp³-hybridized carbons (Fsp3) is 0.143. The van der Waals surface area contributed by atoms with Crippen molar-refractivity contribution >= 4 is 17.4 Å². The number of ether oxygens (including phenoxy) is 2. The van der Waals surface area contributed by atoms with Gasteiger partial charge >= 0.3 is 6.03 Å². The third-order valence-corrected chi connectivity index (χ3v) is 2.74. The molecule has 1 aliphatic heterocycles. The Labute approximate surface area is 115 Å². The van der Waals surface area contributed by atoms with Crippen LogP contribution < -0.4 is 20.1 Å². The lowest BCUT2D eigenvalue weighted by Crippen LogP contribution is -2.20. The standard InChI is InChI=1S/C14H13N3O3/c18-14(16-10-3-5-15-6-4-10)17-11-1-2-12-13(9-11)20-8-7-19-12/h1-6,9H,7-8H2,(H2,15,16,17,18). The third-order valence-electron chi connectivity index (χ3n) is 2.74. The first kappa shape index (κ1) is 12.3. The van der Waals surface area contributed by atoms with Gasteiger partial charge in [-0.25, -0.2) is 4.79 Å². The number of nitrogens with one attached hydrogen (secondary N) is 2. The number of aromatic nitrogens is 1. The van der Waals surface area contributed by atoms with Crippen molar-refractivity contribution in [3.8, 4) is 11.5 Å². The summed E-state index contributed by atoms with van der Waals surface area (Å²) in [6.07, 6.45) is 3.22. The van der Waals surface area contributed by atoms with Crippen molar-refractivity contribution in [3.05, 3.63) is 42.7 Å². The highest BCUT2D eigenvalue weighted by atomic mass is 16.6. The fourth-order valence-electron chi connectivity index (χ4n) is 1.85. The van der Waals surface area contributed by atoms with E-state index in [1.54, 1.807) is 42.7 Å². The van der Waals surface area contributed by atoms with Gasteiger partial charge in [-0.2, -0.15) is 0 Å². The largest absolute Gasteiger partial charge is 0.486 e. The highest BCUT2D eigenvalue weighted by molar-refractivity contribution is 5.99. The van der Waals surface area contributed by atoms with Crippen molar-refractivity contribution in [2.24, 2.45) is 0 Å². The first-order valence-electron chi connectivity index (χ1n) is 6.19. The molecule has 2 heterocycles. The molecule has 1 aliphatic rings. The molecular weight excluding hydrogens is 258 g/mol. The second kappa shape index (κ2) is 5.48. The lowest BCUT2D eigenvalue weighted by Gasteiger charge is -2.19. The maximum atomic E-state index is 11.8. The van der Waals surface area contributed by atoms with Crippen molar-refractivity contribution < 1.29 is 14.3 Å². The third kappa shape index (κ3) is 2.80. The Kier molecular flexibility index (Phi) is 3.36. The molecule has 2 N–H and O–H groups in total. The number of hydrogen-bond donors (Lipinski definition) is 2. The van der Waals surface area contributed by atoms with Gasteiger partial charge in [0, 0.05) is 29.8 Å². The number of hydrogen-bond acceptors (Lipinski definition) is 4. The van der Waals surface area contributed by atoms with Crippen LogP contribution in [0.3, 0.4) is 0 Å². The van der Waals surface area contributed by atoms with Gasteiger partial charge in [0.05, 0.1) is 0 Å². The summed E-state index contributed by atoms with van der Waals surface area (Å²) in [4.78, 5) is 15.7. The van der Waals surface area contributed by atoms with Crippen LogP contribution in [0.5, 0.6) is 11.5 Å². The van der Waals surface area contributed by atoms with E-state index in [1.807, 2.05) is 0 Å². The zero-order valence-electron chi connectivity index (χ0n) is 10.6. The van der Waals surface area contributed by atoms with Crippen LogP contribution in [0.15, 0.2) is 42.7 Å². The number of anilines is 2. The molecule has 0 radical (unpaired) electrons. The zero-order chi connectivity index (χ0) is 13.8. The Morgan fingerprint density at radius 3 is 2.45 bits per heavy atom. The summed E-state index contributed by atoms with van der Waals surface area (Å²) in [5.41, 5.74) is 1.32. The number of carbonyl (C=O) groups is 1. The van der Waals surface area contributed by atoms with Crippen LogP contribution in [0, 0.1) is 0 Å². The number of rotatable bonds is 2. The van der Waals surface area contributed by atoms with E-state index in [-0.39, 0.29) is 6.03 Å². The van der Waals surface area contributed by atoms with E-state index in [1.165, 1.54) is 0 Å². The normalized spacial score (nSPS) is 12.6. The lowest BCUT2D eigenvalue weighted by atomic mass is 10.2. The fourth-order valence-corrected chi connectivity index (χ4v) is 1.85. The second-order valence-electron chi connectivity index (χ2n) is 4.17. The molecular formula is C14H13N3O3. The number of carbonyl (C=O) groups excluding carboxylic acids is 1. The van der Waals surface area contributed by atoms with Gasteiger partial charge in [0.25, 0.3) is 0 Å². The minimum Gasteiger partial charge on any atom is -0.486 e. The van der Waals surface area contributed by atoms with Crippen molar-refractivity contribution in [1.29, 1.82) is 0 Å². The summed E-state index contributed by atoms with van der Waals surface area (Å²) in [6, 6.07) is 8.37. The molecule has 0 saturated heterocycles. The van der Waals surface area contributed by atoms with E-state index < -0.39 is 0 Å². The number of nitrogens with zero attached hydrogens (tertiary/aromatic N) is 1. The summed E-state index contributed by atoms with van der Waals surface area (Å²) in [5, 5.41) is 5.44. The number of amides is 2. The van der Waals surface area contributed by atoms with Crippen LogP contribution >= 0.6 is 0 Å². The maximum absolute atomic E-state index is 11.8. The van der Waals surface area contributed by atoms with Gasteiger partial charge in [-0.1, -0.05) is 0 Å². The number of urea groups is 1. The van der Waals surface area contributed by atoms with E-state index in [0.29, 0.717) is 36.1 Å². The average molecular weight is 271 g/mol. The monoisotopic (exact) mass is 271 g/mol. The minimum absolute atomic E-state index is 0.326. The SMILES string of the molecule is O=C(Nc1ccncc1)Nc1ccc2c(c1)OCCO2. The molecule has 20 heavy (non-hydrogen) atoms. The van der Waals surface area contributed by atoms with Crippen LogP contribution in [0.4, 0.5) is 16.2 Å². The van der Waals surface area contributed by atoms with Crippen molar-refractivity contribution in [1.82, 2.24) is 4.98 Å². The topological polar surface area (TPSA) is 72.5 Å². The summed E-state index contributed by atoms with van der Waals surface area (Å²) >= 11 is 0. The van der Waals surface area contributed by atoms with Gasteiger partial charge in [0.2, 0.25) is 0 Å². The Morgan fingerprint density at radius 2 is 1.65 bits per heavy atom. The van der Waals surface area contributed by atoms with Gasteiger partial charge in [-0.3, -0.25) is 4.98 Å². The molecule has 0 bridgehead atoms. The predicted molar refractivity (Wildman–Crippen MR) is 74.3 cm³/mol. The minimum atomic E-state index is -0.326. The molecule has 2 aromatic rings. The number of benzene rings is 1. The first-order chi connectivity index (χ1) is 9.81. The van der Waals surface area contributed by atoms with Crippen LogP contribution in [0.25, 0.3) is 0 Å². The number of pyridine rings is 1. The van der Waals surface area contributed by atoms with Crippen molar-refractivity contribution in [2.75, 3.05) is 23.8 Å². The van der Waals surface area contributed by atoms with E-state index in [2.05, 4.69) is 15.6 Å². The van der Waals surface area contributed by atoms with Gasteiger partial charge in [-0.05, 0) is 24.3 Å². The van der Waals surface area contributed by atoms with Gasteiger partial charge in [0.1, 0.15) is 13.2 Å². The summed E-state index contributed by atoms with van der Waals surface area (Å²) < 4.78 is 10.9. The van der Waals surface area contributed by atoms with Crippen LogP contribution in [0.2, 0.25) is 0 Å². The Balaban J connectivity index is 1.67. The molecule has 102 valence electrons. The Bertz CT molecular complexity index is 616. The van der Waals surface area contributed by atoms with Crippen LogP contribution in [0.1, 0.15) is 0 Å².